The van der Waals surface area contributed by atoms with E-state index in [1.165, 1.54) is 6.20 Å². The third kappa shape index (κ3) is 3.98. The van der Waals surface area contributed by atoms with E-state index in [1.54, 1.807) is 0 Å². The molecule has 0 radical (unpaired) electrons. The molecule has 30 heavy (non-hydrogen) atoms. The first-order valence-electron chi connectivity index (χ1n) is 10.1. The van der Waals surface area contributed by atoms with Crippen LogP contribution in [0.1, 0.15) is 42.2 Å². The monoisotopic (exact) mass is 411 g/mol. The van der Waals surface area contributed by atoms with Crippen molar-refractivity contribution in [3.63, 3.8) is 0 Å². The molecule has 4 rings (SSSR count). The highest BCUT2D eigenvalue weighted by molar-refractivity contribution is 6.04. The molecule has 2 aliphatic rings. The Balaban J connectivity index is 1.88. The van der Waals surface area contributed by atoms with Gasteiger partial charge in [-0.15, -0.1) is 0 Å². The van der Waals surface area contributed by atoms with Crippen molar-refractivity contribution in [2.24, 2.45) is 11.7 Å². The quantitative estimate of drug-likeness (QED) is 0.789. The lowest BCUT2D eigenvalue weighted by Gasteiger charge is -2.26. The average Bonchev–Trinajstić information content (AvgIpc) is 3.47. The molecule has 2 heterocycles. The van der Waals surface area contributed by atoms with Crippen molar-refractivity contribution < 1.29 is 13.6 Å². The van der Waals surface area contributed by atoms with Crippen molar-refractivity contribution in [1.82, 2.24) is 10.3 Å². The van der Waals surface area contributed by atoms with Crippen LogP contribution in [-0.2, 0) is 0 Å². The van der Waals surface area contributed by atoms with Crippen LogP contribution in [0.5, 0.6) is 0 Å². The van der Waals surface area contributed by atoms with Gasteiger partial charge < -0.3 is 16.0 Å². The number of rotatable bonds is 5. The van der Waals surface area contributed by atoms with Crippen molar-refractivity contribution in [1.29, 1.82) is 5.26 Å². The van der Waals surface area contributed by atoms with E-state index < -0.39 is 11.6 Å². The fourth-order valence-electron chi connectivity index (χ4n) is 4.04. The van der Waals surface area contributed by atoms with Gasteiger partial charge in [0, 0.05) is 43.0 Å². The van der Waals surface area contributed by atoms with Crippen LogP contribution in [0.4, 0.5) is 14.5 Å². The Hall–Kier alpha value is -3.05. The van der Waals surface area contributed by atoms with Crippen molar-refractivity contribution in [2.45, 2.75) is 38.3 Å². The van der Waals surface area contributed by atoms with Gasteiger partial charge in [0.25, 0.3) is 5.91 Å². The average molecular weight is 411 g/mol. The zero-order valence-corrected chi connectivity index (χ0v) is 16.7. The number of pyridine rings is 1. The summed E-state index contributed by atoms with van der Waals surface area (Å²) in [5, 5.41) is 12.7. The third-order valence-electron chi connectivity index (χ3n) is 5.78. The predicted molar refractivity (Wildman–Crippen MR) is 109 cm³/mol. The molecule has 0 spiro atoms. The Bertz CT molecular complexity index is 1010. The summed E-state index contributed by atoms with van der Waals surface area (Å²) in [6, 6.07) is 4.97. The van der Waals surface area contributed by atoms with Gasteiger partial charge in [0.05, 0.1) is 11.3 Å². The molecule has 2 aromatic rings. The number of anilines is 1. The summed E-state index contributed by atoms with van der Waals surface area (Å²) >= 11 is 0. The molecule has 1 saturated heterocycles. The molecule has 1 aliphatic carbocycles. The van der Waals surface area contributed by atoms with E-state index in [0.717, 1.165) is 31.0 Å². The standard InChI is InChI=1S/C22H23F2N5O/c1-12(13-2-3-13)28-22(30)18-10-27-19(9-25)20(14-6-15(23)8-16(24)7-14)21(18)29-5-4-17(26)11-29/h6-8,10,12-13,17H,2-5,11,26H2,1H3,(H,28,30)/t12?,17-/m0/s1. The normalized spacial score (nSPS) is 19.4. The Morgan fingerprint density at radius 1 is 1.30 bits per heavy atom. The Morgan fingerprint density at radius 3 is 2.57 bits per heavy atom. The van der Waals surface area contributed by atoms with Gasteiger partial charge in [0.1, 0.15) is 23.4 Å². The molecule has 156 valence electrons. The molecule has 1 saturated carbocycles. The van der Waals surface area contributed by atoms with Crippen LogP contribution in [0.2, 0.25) is 0 Å². The van der Waals surface area contributed by atoms with Gasteiger partial charge in [-0.1, -0.05) is 0 Å². The Morgan fingerprint density at radius 2 is 2.00 bits per heavy atom. The molecule has 1 aliphatic heterocycles. The largest absolute Gasteiger partial charge is 0.369 e. The SMILES string of the molecule is CC(NC(=O)c1cnc(C#N)c(-c2cc(F)cc(F)c2)c1N1CC[C@H](N)C1)C1CC1. The highest BCUT2D eigenvalue weighted by Crippen LogP contribution is 2.39. The number of nitrogens with zero attached hydrogens (tertiary/aromatic N) is 3. The fraction of sp³-hybridized carbons (Fsp3) is 0.409. The van der Waals surface area contributed by atoms with Gasteiger partial charge in [-0.05, 0) is 49.8 Å². The Kier molecular flexibility index (Phi) is 5.39. The second-order valence-corrected chi connectivity index (χ2v) is 8.11. The van der Waals surface area contributed by atoms with E-state index in [4.69, 9.17) is 5.73 Å². The van der Waals surface area contributed by atoms with Crippen molar-refractivity contribution in [2.75, 3.05) is 18.0 Å². The Labute approximate surface area is 173 Å². The van der Waals surface area contributed by atoms with Crippen LogP contribution in [-0.4, -0.2) is 36.1 Å². The number of hydrogen-bond acceptors (Lipinski definition) is 5. The maximum atomic E-state index is 14.0. The summed E-state index contributed by atoms with van der Waals surface area (Å²) < 4.78 is 28.0. The van der Waals surface area contributed by atoms with E-state index in [2.05, 4.69) is 10.3 Å². The molecular formula is C22H23F2N5O. The first-order valence-corrected chi connectivity index (χ1v) is 10.1. The minimum Gasteiger partial charge on any atom is -0.369 e. The van der Waals surface area contributed by atoms with Crippen molar-refractivity contribution in [3.05, 3.63) is 47.3 Å². The summed E-state index contributed by atoms with van der Waals surface area (Å²) in [7, 11) is 0. The summed E-state index contributed by atoms with van der Waals surface area (Å²) in [5.74, 6) is -1.40. The fourth-order valence-corrected chi connectivity index (χ4v) is 4.04. The third-order valence-corrected chi connectivity index (χ3v) is 5.78. The lowest BCUT2D eigenvalue weighted by atomic mass is 9.97. The number of nitrogens with two attached hydrogens (primary N) is 1. The number of benzene rings is 1. The van der Waals surface area contributed by atoms with E-state index in [0.29, 0.717) is 31.1 Å². The van der Waals surface area contributed by atoms with Crippen molar-refractivity contribution in [3.8, 4) is 17.2 Å². The number of aromatic nitrogens is 1. The number of carbonyl (C=O) groups excluding carboxylic acids is 1. The zero-order valence-electron chi connectivity index (χ0n) is 16.7. The lowest BCUT2D eigenvalue weighted by molar-refractivity contribution is 0.0936. The first kappa shape index (κ1) is 20.2. The van der Waals surface area contributed by atoms with Crippen LogP contribution < -0.4 is 16.0 Å². The van der Waals surface area contributed by atoms with E-state index in [1.807, 2.05) is 17.9 Å². The van der Waals surface area contributed by atoms with Crippen LogP contribution >= 0.6 is 0 Å². The maximum Gasteiger partial charge on any atom is 0.255 e. The highest BCUT2D eigenvalue weighted by atomic mass is 19.1. The van der Waals surface area contributed by atoms with E-state index >= 15 is 0 Å². The summed E-state index contributed by atoms with van der Waals surface area (Å²) in [5.41, 5.74) is 7.21. The van der Waals surface area contributed by atoms with Gasteiger partial charge in [-0.3, -0.25) is 4.79 Å². The molecule has 3 N–H and O–H groups in total. The predicted octanol–water partition coefficient (Wildman–Crippen LogP) is 2.96. The second kappa shape index (κ2) is 8.00. The number of carbonyl (C=O) groups is 1. The van der Waals surface area contributed by atoms with Gasteiger partial charge >= 0.3 is 0 Å². The summed E-state index contributed by atoms with van der Waals surface area (Å²) in [6.07, 6.45) is 4.23. The van der Waals surface area contributed by atoms with Gasteiger partial charge in [0.2, 0.25) is 0 Å². The topological polar surface area (TPSA) is 95.0 Å². The van der Waals surface area contributed by atoms with E-state index in [9.17, 15) is 18.8 Å². The van der Waals surface area contributed by atoms with Crippen LogP contribution in [0.25, 0.3) is 11.1 Å². The number of nitriles is 1. The molecule has 1 amide bonds. The molecule has 1 aromatic carbocycles. The molecule has 2 fully saturated rings. The molecular weight excluding hydrogens is 388 g/mol. The maximum absolute atomic E-state index is 14.0. The molecule has 2 atom stereocenters. The molecule has 8 heteroatoms. The van der Waals surface area contributed by atoms with Crippen LogP contribution in [0.3, 0.4) is 0 Å². The van der Waals surface area contributed by atoms with Crippen LogP contribution in [0.15, 0.2) is 24.4 Å². The minimum atomic E-state index is -0.768. The molecule has 0 bridgehead atoms. The number of amides is 1. The summed E-state index contributed by atoms with van der Waals surface area (Å²) in [6.45, 7) is 3.00. The zero-order chi connectivity index (χ0) is 21.4. The van der Waals surface area contributed by atoms with Gasteiger partial charge in [-0.2, -0.15) is 5.26 Å². The smallest absolute Gasteiger partial charge is 0.255 e. The van der Waals surface area contributed by atoms with Crippen molar-refractivity contribution >= 4 is 11.6 Å². The number of nitrogens with one attached hydrogen (secondary N) is 1. The highest BCUT2D eigenvalue weighted by Gasteiger charge is 2.32. The van der Waals surface area contributed by atoms with E-state index in [-0.39, 0.29) is 40.4 Å². The van der Waals surface area contributed by atoms with Gasteiger partial charge in [-0.25, -0.2) is 13.8 Å². The number of halogens is 2. The molecule has 1 aromatic heterocycles. The molecule has 6 nitrogen and oxygen atoms in total. The molecule has 1 unspecified atom stereocenters. The first-order chi connectivity index (χ1) is 14.4. The van der Waals surface area contributed by atoms with Crippen LogP contribution in [0, 0.1) is 28.9 Å². The summed E-state index contributed by atoms with van der Waals surface area (Å²) in [4.78, 5) is 19.2. The minimum absolute atomic E-state index is 0.00210. The lowest BCUT2D eigenvalue weighted by Crippen LogP contribution is -2.36. The number of hydrogen-bond donors (Lipinski definition) is 2. The van der Waals surface area contributed by atoms with Gasteiger partial charge in [0.15, 0.2) is 0 Å². The second-order valence-electron chi connectivity index (χ2n) is 8.11.